The molecule has 3 rings (SSSR count). The molecule has 0 saturated carbocycles. The zero-order valence-electron chi connectivity index (χ0n) is 11.1. The SMILES string of the molecule is O=C(c1cc(Cl)ccc1Br)N1CC(N2CCNCC2)C1. The van der Waals surface area contributed by atoms with Gasteiger partial charge in [-0.05, 0) is 34.1 Å². The van der Waals surface area contributed by atoms with Crippen LogP contribution in [0.25, 0.3) is 0 Å². The van der Waals surface area contributed by atoms with Crippen molar-refractivity contribution >= 4 is 33.4 Å². The molecule has 0 bridgehead atoms. The lowest BCUT2D eigenvalue weighted by atomic mass is 10.0. The van der Waals surface area contributed by atoms with E-state index in [0.29, 0.717) is 16.6 Å². The third-order valence-corrected chi connectivity index (χ3v) is 4.90. The van der Waals surface area contributed by atoms with E-state index >= 15 is 0 Å². The van der Waals surface area contributed by atoms with Gasteiger partial charge in [0.05, 0.1) is 5.56 Å². The largest absolute Gasteiger partial charge is 0.335 e. The Kier molecular flexibility index (Phi) is 4.31. The highest BCUT2D eigenvalue weighted by Gasteiger charge is 2.35. The van der Waals surface area contributed by atoms with E-state index in [9.17, 15) is 4.79 Å². The van der Waals surface area contributed by atoms with Gasteiger partial charge in [0.25, 0.3) is 5.91 Å². The van der Waals surface area contributed by atoms with Crippen molar-refractivity contribution < 1.29 is 4.79 Å². The third-order valence-electron chi connectivity index (χ3n) is 3.98. The highest BCUT2D eigenvalue weighted by atomic mass is 79.9. The van der Waals surface area contributed by atoms with Crippen LogP contribution in [0, 0.1) is 0 Å². The van der Waals surface area contributed by atoms with Gasteiger partial charge in [-0.3, -0.25) is 9.69 Å². The van der Waals surface area contributed by atoms with Crippen molar-refractivity contribution in [3.63, 3.8) is 0 Å². The van der Waals surface area contributed by atoms with Gasteiger partial charge in [0, 0.05) is 54.8 Å². The lowest BCUT2D eigenvalue weighted by Crippen LogP contribution is -2.63. The van der Waals surface area contributed by atoms with Crippen molar-refractivity contribution in [2.45, 2.75) is 6.04 Å². The van der Waals surface area contributed by atoms with Crippen LogP contribution in [-0.4, -0.2) is 61.0 Å². The molecule has 2 saturated heterocycles. The van der Waals surface area contributed by atoms with Gasteiger partial charge in [-0.25, -0.2) is 0 Å². The second-order valence-corrected chi connectivity index (χ2v) is 6.56. The van der Waals surface area contributed by atoms with Crippen molar-refractivity contribution in [1.29, 1.82) is 0 Å². The van der Waals surface area contributed by atoms with E-state index in [1.54, 1.807) is 12.1 Å². The number of piperazine rings is 1. The smallest absolute Gasteiger partial charge is 0.255 e. The van der Waals surface area contributed by atoms with E-state index in [2.05, 4.69) is 26.1 Å². The minimum absolute atomic E-state index is 0.0609. The average molecular weight is 359 g/mol. The first-order valence-corrected chi connectivity index (χ1v) is 8.01. The maximum Gasteiger partial charge on any atom is 0.255 e. The Labute approximate surface area is 132 Å². The van der Waals surface area contributed by atoms with Crippen molar-refractivity contribution in [3.05, 3.63) is 33.3 Å². The number of benzene rings is 1. The first-order valence-electron chi connectivity index (χ1n) is 6.84. The van der Waals surface area contributed by atoms with Crippen LogP contribution in [0.2, 0.25) is 5.02 Å². The fraction of sp³-hybridized carbons (Fsp3) is 0.500. The number of halogens is 2. The van der Waals surface area contributed by atoms with E-state index in [0.717, 1.165) is 43.7 Å². The summed E-state index contributed by atoms with van der Waals surface area (Å²) < 4.78 is 0.803. The van der Waals surface area contributed by atoms with Crippen LogP contribution in [0.3, 0.4) is 0 Å². The minimum atomic E-state index is 0.0609. The van der Waals surface area contributed by atoms with Crippen LogP contribution in [0.1, 0.15) is 10.4 Å². The molecule has 0 unspecified atom stereocenters. The summed E-state index contributed by atoms with van der Waals surface area (Å²) in [6.45, 7) is 5.88. The molecule has 0 aliphatic carbocycles. The highest BCUT2D eigenvalue weighted by molar-refractivity contribution is 9.10. The molecule has 0 spiro atoms. The molecular weight excluding hydrogens is 342 g/mol. The van der Waals surface area contributed by atoms with Crippen LogP contribution < -0.4 is 5.32 Å². The first-order chi connectivity index (χ1) is 9.65. The van der Waals surface area contributed by atoms with Crippen molar-refractivity contribution in [2.24, 2.45) is 0 Å². The molecule has 2 fully saturated rings. The lowest BCUT2D eigenvalue weighted by molar-refractivity contribution is 0.0226. The number of nitrogens with one attached hydrogen (secondary N) is 1. The first kappa shape index (κ1) is 14.3. The number of carbonyl (C=O) groups excluding carboxylic acids is 1. The molecule has 1 aromatic carbocycles. The van der Waals surface area contributed by atoms with Gasteiger partial charge < -0.3 is 10.2 Å². The van der Waals surface area contributed by atoms with E-state index in [1.807, 2.05) is 11.0 Å². The number of rotatable bonds is 2. The quantitative estimate of drug-likeness (QED) is 0.876. The molecule has 1 amide bonds. The normalized spacial score (nSPS) is 20.8. The molecular formula is C14H17BrClN3O. The molecule has 6 heteroatoms. The third kappa shape index (κ3) is 2.86. The maximum absolute atomic E-state index is 12.4. The van der Waals surface area contributed by atoms with E-state index < -0.39 is 0 Å². The molecule has 1 aromatic rings. The van der Waals surface area contributed by atoms with Gasteiger partial charge in [0.1, 0.15) is 0 Å². The van der Waals surface area contributed by atoms with E-state index in [1.165, 1.54) is 0 Å². The Morgan fingerprint density at radius 3 is 2.70 bits per heavy atom. The fourth-order valence-electron chi connectivity index (χ4n) is 2.73. The monoisotopic (exact) mass is 357 g/mol. The van der Waals surface area contributed by atoms with Crippen molar-refractivity contribution in [3.8, 4) is 0 Å². The van der Waals surface area contributed by atoms with Gasteiger partial charge in [0.2, 0.25) is 0 Å². The second-order valence-electron chi connectivity index (χ2n) is 5.27. The summed E-state index contributed by atoms with van der Waals surface area (Å²) in [5, 5.41) is 3.94. The predicted molar refractivity (Wildman–Crippen MR) is 83.3 cm³/mol. The van der Waals surface area contributed by atoms with Crippen molar-refractivity contribution in [2.75, 3.05) is 39.3 Å². The number of hydrogen-bond donors (Lipinski definition) is 1. The Balaban J connectivity index is 1.61. The Bertz CT molecular complexity index is 513. The van der Waals surface area contributed by atoms with E-state index in [4.69, 9.17) is 11.6 Å². The number of nitrogens with zero attached hydrogens (tertiary/aromatic N) is 2. The van der Waals surface area contributed by atoms with Crippen LogP contribution in [-0.2, 0) is 0 Å². The molecule has 0 radical (unpaired) electrons. The van der Waals surface area contributed by atoms with Crippen LogP contribution >= 0.6 is 27.5 Å². The Morgan fingerprint density at radius 2 is 2.00 bits per heavy atom. The molecule has 1 N–H and O–H groups in total. The van der Waals surface area contributed by atoms with Crippen molar-refractivity contribution in [1.82, 2.24) is 15.1 Å². The summed E-state index contributed by atoms with van der Waals surface area (Å²) in [5.74, 6) is 0.0609. The number of carbonyl (C=O) groups is 1. The topological polar surface area (TPSA) is 35.6 Å². The average Bonchev–Trinajstić information content (AvgIpc) is 2.41. The summed E-state index contributed by atoms with van der Waals surface area (Å²) in [6.07, 6.45) is 0. The summed E-state index contributed by atoms with van der Waals surface area (Å²) in [6, 6.07) is 5.84. The van der Waals surface area contributed by atoms with Gasteiger partial charge >= 0.3 is 0 Å². The summed E-state index contributed by atoms with van der Waals surface area (Å²) in [4.78, 5) is 16.8. The number of likely N-dealkylation sites (tertiary alicyclic amines) is 1. The summed E-state index contributed by atoms with van der Waals surface area (Å²) >= 11 is 9.39. The standard InChI is InChI=1S/C14H17BrClN3O/c15-13-2-1-10(16)7-12(13)14(20)19-8-11(9-19)18-5-3-17-4-6-18/h1-2,7,11,17H,3-6,8-9H2. The Morgan fingerprint density at radius 1 is 1.30 bits per heavy atom. The molecule has 2 aliphatic rings. The summed E-state index contributed by atoms with van der Waals surface area (Å²) in [5.41, 5.74) is 0.649. The van der Waals surface area contributed by atoms with Crippen LogP contribution in [0.15, 0.2) is 22.7 Å². The molecule has 108 valence electrons. The highest BCUT2D eigenvalue weighted by Crippen LogP contribution is 2.25. The zero-order valence-corrected chi connectivity index (χ0v) is 13.5. The predicted octanol–water partition coefficient (Wildman–Crippen LogP) is 1.83. The van der Waals surface area contributed by atoms with Gasteiger partial charge in [0.15, 0.2) is 0 Å². The number of hydrogen-bond acceptors (Lipinski definition) is 3. The molecule has 2 aliphatic heterocycles. The second kappa shape index (κ2) is 6.02. The van der Waals surface area contributed by atoms with Gasteiger partial charge in [-0.1, -0.05) is 11.6 Å². The van der Waals surface area contributed by atoms with Crippen LogP contribution in [0.5, 0.6) is 0 Å². The van der Waals surface area contributed by atoms with Gasteiger partial charge in [-0.2, -0.15) is 0 Å². The zero-order chi connectivity index (χ0) is 14.1. The van der Waals surface area contributed by atoms with E-state index in [-0.39, 0.29) is 5.91 Å². The molecule has 0 atom stereocenters. The fourth-order valence-corrected chi connectivity index (χ4v) is 3.32. The lowest BCUT2D eigenvalue weighted by Gasteiger charge is -2.46. The molecule has 0 aromatic heterocycles. The number of amides is 1. The van der Waals surface area contributed by atoms with Gasteiger partial charge in [-0.15, -0.1) is 0 Å². The molecule has 2 heterocycles. The Hall–Kier alpha value is -0.620. The summed E-state index contributed by atoms with van der Waals surface area (Å²) in [7, 11) is 0. The maximum atomic E-state index is 12.4. The molecule has 20 heavy (non-hydrogen) atoms. The van der Waals surface area contributed by atoms with Crippen LogP contribution in [0.4, 0.5) is 0 Å². The minimum Gasteiger partial charge on any atom is -0.335 e. The molecule has 4 nitrogen and oxygen atoms in total.